The molecule has 0 radical (unpaired) electrons. The topological polar surface area (TPSA) is 88.3 Å². The van der Waals surface area contributed by atoms with Gasteiger partial charge in [-0.25, -0.2) is 4.98 Å². The van der Waals surface area contributed by atoms with Crippen LogP contribution in [-0.2, 0) is 6.54 Å². The molecule has 3 N–H and O–H groups in total. The highest BCUT2D eigenvalue weighted by Crippen LogP contribution is 2.32. The van der Waals surface area contributed by atoms with Crippen LogP contribution in [0.5, 0.6) is 11.5 Å². The average Bonchev–Trinajstić information content (AvgIpc) is 3.08. The van der Waals surface area contributed by atoms with Crippen LogP contribution in [0.15, 0.2) is 47.5 Å². The van der Waals surface area contributed by atoms with Gasteiger partial charge in [-0.3, -0.25) is 4.79 Å². The molecule has 2 heterocycles. The predicted molar refractivity (Wildman–Crippen MR) is 98.0 cm³/mol. The van der Waals surface area contributed by atoms with Crippen LogP contribution in [0.2, 0.25) is 0 Å². The number of thiocarbonyl (C=S) groups is 1. The van der Waals surface area contributed by atoms with E-state index in [1.807, 2.05) is 24.3 Å². The number of nitrogens with one attached hydrogen (secondary N) is 3. The molecule has 1 aliphatic heterocycles. The molecule has 0 amide bonds. The summed E-state index contributed by atoms with van der Waals surface area (Å²) in [5.41, 5.74) is 2.18. The first kappa shape index (κ1) is 15.4. The molecule has 0 bridgehead atoms. The van der Waals surface area contributed by atoms with E-state index in [2.05, 4.69) is 20.6 Å². The number of aromatic nitrogens is 2. The first-order valence-corrected chi connectivity index (χ1v) is 8.01. The Kier molecular flexibility index (Phi) is 3.95. The van der Waals surface area contributed by atoms with Gasteiger partial charge in [-0.1, -0.05) is 6.07 Å². The number of H-pyrrole nitrogens is 1. The van der Waals surface area contributed by atoms with Crippen LogP contribution in [0.1, 0.15) is 5.56 Å². The number of anilines is 1. The van der Waals surface area contributed by atoms with Crippen molar-refractivity contribution < 1.29 is 9.47 Å². The van der Waals surface area contributed by atoms with Crippen molar-refractivity contribution in [1.82, 2.24) is 15.3 Å². The second-order valence-corrected chi connectivity index (χ2v) is 5.87. The lowest BCUT2D eigenvalue weighted by Crippen LogP contribution is -2.27. The number of rotatable bonds is 3. The Morgan fingerprint density at radius 1 is 1.20 bits per heavy atom. The number of ether oxygens (including phenoxy) is 2. The van der Waals surface area contributed by atoms with Crippen molar-refractivity contribution in [3.8, 4) is 11.5 Å². The molecule has 1 aliphatic rings. The fraction of sp³-hybridized carbons (Fsp3) is 0.118. The summed E-state index contributed by atoms with van der Waals surface area (Å²) < 4.78 is 10.6. The summed E-state index contributed by atoms with van der Waals surface area (Å²) in [5, 5.41) is 7.15. The molecule has 3 aromatic rings. The zero-order chi connectivity index (χ0) is 17.2. The van der Waals surface area contributed by atoms with E-state index in [9.17, 15) is 4.79 Å². The minimum absolute atomic E-state index is 0.187. The molecule has 4 rings (SSSR count). The van der Waals surface area contributed by atoms with Crippen LogP contribution < -0.4 is 25.7 Å². The van der Waals surface area contributed by atoms with Crippen LogP contribution in [0.3, 0.4) is 0 Å². The lowest BCUT2D eigenvalue weighted by molar-refractivity contribution is 0.174. The third-order valence-corrected chi connectivity index (χ3v) is 4.03. The monoisotopic (exact) mass is 354 g/mol. The van der Waals surface area contributed by atoms with Crippen molar-refractivity contribution >= 4 is 33.9 Å². The highest BCUT2D eigenvalue weighted by Gasteiger charge is 2.13. The van der Waals surface area contributed by atoms with Crippen molar-refractivity contribution in [1.29, 1.82) is 0 Å². The smallest absolute Gasteiger partial charge is 0.258 e. The van der Waals surface area contributed by atoms with Gasteiger partial charge in [-0.05, 0) is 48.1 Å². The molecule has 7 nitrogen and oxygen atoms in total. The summed E-state index contributed by atoms with van der Waals surface area (Å²) >= 11 is 5.31. The minimum Gasteiger partial charge on any atom is -0.454 e. The Bertz CT molecular complexity index is 1020. The fourth-order valence-electron chi connectivity index (χ4n) is 2.55. The van der Waals surface area contributed by atoms with Crippen LogP contribution in [-0.4, -0.2) is 21.9 Å². The maximum atomic E-state index is 11.8. The second-order valence-electron chi connectivity index (χ2n) is 5.46. The Morgan fingerprint density at radius 2 is 2.08 bits per heavy atom. The number of fused-ring (bicyclic) bond motifs is 2. The van der Waals surface area contributed by atoms with E-state index in [-0.39, 0.29) is 12.4 Å². The van der Waals surface area contributed by atoms with Gasteiger partial charge in [0, 0.05) is 12.2 Å². The van der Waals surface area contributed by atoms with E-state index in [0.717, 1.165) is 17.1 Å². The van der Waals surface area contributed by atoms with Gasteiger partial charge in [-0.2, -0.15) is 0 Å². The van der Waals surface area contributed by atoms with E-state index in [1.54, 1.807) is 12.1 Å². The van der Waals surface area contributed by atoms with Gasteiger partial charge < -0.3 is 25.1 Å². The van der Waals surface area contributed by atoms with E-state index in [0.29, 0.717) is 28.2 Å². The van der Waals surface area contributed by atoms with E-state index >= 15 is 0 Å². The molecule has 0 aliphatic carbocycles. The fourth-order valence-corrected chi connectivity index (χ4v) is 2.74. The van der Waals surface area contributed by atoms with Gasteiger partial charge in [0.1, 0.15) is 0 Å². The summed E-state index contributed by atoms with van der Waals surface area (Å²) in [5.74, 6) is 1.49. The van der Waals surface area contributed by atoms with Gasteiger partial charge in [0.2, 0.25) is 6.79 Å². The van der Waals surface area contributed by atoms with Gasteiger partial charge >= 0.3 is 0 Å². The zero-order valence-electron chi connectivity index (χ0n) is 13.0. The molecule has 0 atom stereocenters. The van der Waals surface area contributed by atoms with E-state index in [4.69, 9.17) is 21.7 Å². The SMILES string of the molecule is O=c1[nH]cnc2ccc(NC(=S)NCc3ccc4c(c3)OCO4)cc12. The predicted octanol–water partition coefficient (Wildman–Crippen LogP) is 2.14. The van der Waals surface area contributed by atoms with Crippen molar-refractivity contribution in [2.45, 2.75) is 6.54 Å². The third-order valence-electron chi connectivity index (χ3n) is 3.79. The lowest BCUT2D eigenvalue weighted by atomic mass is 10.2. The van der Waals surface area contributed by atoms with Gasteiger partial charge in [0.15, 0.2) is 16.6 Å². The van der Waals surface area contributed by atoms with E-state index in [1.165, 1.54) is 6.33 Å². The van der Waals surface area contributed by atoms with E-state index < -0.39 is 0 Å². The molecule has 0 saturated heterocycles. The Labute approximate surface area is 148 Å². The molecular weight excluding hydrogens is 340 g/mol. The molecule has 2 aromatic carbocycles. The van der Waals surface area contributed by atoms with Crippen molar-refractivity contribution in [3.63, 3.8) is 0 Å². The first-order valence-electron chi connectivity index (χ1n) is 7.60. The summed E-state index contributed by atoms with van der Waals surface area (Å²) in [7, 11) is 0. The van der Waals surface area contributed by atoms with Crippen LogP contribution in [0.25, 0.3) is 10.9 Å². The maximum absolute atomic E-state index is 11.8. The lowest BCUT2D eigenvalue weighted by Gasteiger charge is -2.11. The molecule has 0 unspecified atom stereocenters. The summed E-state index contributed by atoms with van der Waals surface area (Å²) in [6.07, 6.45) is 1.38. The molecule has 0 spiro atoms. The average molecular weight is 354 g/mol. The van der Waals surface area contributed by atoms with Crippen molar-refractivity contribution in [2.24, 2.45) is 0 Å². The quantitative estimate of drug-likeness (QED) is 0.621. The van der Waals surface area contributed by atoms with Gasteiger partial charge in [-0.15, -0.1) is 0 Å². The minimum atomic E-state index is -0.187. The largest absolute Gasteiger partial charge is 0.454 e. The van der Waals surface area contributed by atoms with Crippen LogP contribution in [0.4, 0.5) is 5.69 Å². The number of hydrogen-bond acceptors (Lipinski definition) is 5. The number of hydrogen-bond donors (Lipinski definition) is 3. The number of benzene rings is 2. The molecular formula is C17H14N4O3S. The van der Waals surface area contributed by atoms with Crippen molar-refractivity contribution in [3.05, 3.63) is 58.6 Å². The zero-order valence-corrected chi connectivity index (χ0v) is 13.9. The summed E-state index contributed by atoms with van der Waals surface area (Å²) in [6, 6.07) is 11.0. The van der Waals surface area contributed by atoms with Crippen LogP contribution >= 0.6 is 12.2 Å². The van der Waals surface area contributed by atoms with Gasteiger partial charge in [0.05, 0.1) is 17.2 Å². The number of nitrogens with zero attached hydrogens (tertiary/aromatic N) is 1. The molecule has 8 heteroatoms. The third kappa shape index (κ3) is 3.24. The Hall–Kier alpha value is -3.13. The molecule has 1 aromatic heterocycles. The normalized spacial score (nSPS) is 12.2. The summed E-state index contributed by atoms with van der Waals surface area (Å²) in [6.45, 7) is 0.792. The summed E-state index contributed by atoms with van der Waals surface area (Å²) in [4.78, 5) is 18.5. The maximum Gasteiger partial charge on any atom is 0.258 e. The molecule has 126 valence electrons. The van der Waals surface area contributed by atoms with Crippen molar-refractivity contribution in [2.75, 3.05) is 12.1 Å². The standard InChI is InChI=1S/C17H14N4O3S/c22-16-12-6-11(2-3-13(12)19-8-20-16)21-17(25)18-7-10-1-4-14-15(5-10)24-9-23-14/h1-6,8H,7,9H2,(H2,18,21,25)(H,19,20,22). The molecule has 0 saturated carbocycles. The highest BCUT2D eigenvalue weighted by molar-refractivity contribution is 7.80. The first-order chi connectivity index (χ1) is 12.2. The van der Waals surface area contributed by atoms with Crippen LogP contribution in [0, 0.1) is 0 Å². The van der Waals surface area contributed by atoms with Gasteiger partial charge in [0.25, 0.3) is 5.56 Å². The molecule has 0 fully saturated rings. The Morgan fingerprint density at radius 3 is 3.00 bits per heavy atom. The highest BCUT2D eigenvalue weighted by atomic mass is 32.1. The second kappa shape index (κ2) is 6.40. The Balaban J connectivity index is 1.42. The number of aromatic amines is 1. The molecule has 25 heavy (non-hydrogen) atoms.